The van der Waals surface area contributed by atoms with Crippen LogP contribution in [0.5, 0.6) is 0 Å². The highest BCUT2D eigenvalue weighted by molar-refractivity contribution is 6.10. The van der Waals surface area contributed by atoms with Crippen LogP contribution in [0.2, 0.25) is 0 Å². The van der Waals surface area contributed by atoms with E-state index in [9.17, 15) is 0 Å². The minimum absolute atomic E-state index is 1.15. The van der Waals surface area contributed by atoms with Crippen LogP contribution in [0.3, 0.4) is 0 Å². The number of hydrogen-bond acceptors (Lipinski definition) is 0. The molecule has 0 spiro atoms. The zero-order valence-electron chi connectivity index (χ0n) is 32.8. The fourth-order valence-corrected chi connectivity index (χ4v) is 9.52. The maximum Gasteiger partial charge on any atom is 0.0541 e. The lowest BCUT2D eigenvalue weighted by Crippen LogP contribution is -1.95. The van der Waals surface area contributed by atoms with Crippen molar-refractivity contribution in [2.24, 2.45) is 0 Å². The van der Waals surface area contributed by atoms with Crippen molar-refractivity contribution < 1.29 is 0 Å². The van der Waals surface area contributed by atoms with Crippen LogP contribution >= 0.6 is 0 Å². The molecule has 0 N–H and O–H groups in total. The molecule has 0 saturated carbocycles. The zero-order chi connectivity index (χ0) is 39.6. The summed E-state index contributed by atoms with van der Waals surface area (Å²) in [7, 11) is 0. The third-order valence-corrected chi connectivity index (χ3v) is 12.3. The standard InChI is InChI=1S/C58H38N2/c1-3-15-39(16-4-1)51-35-43-37-53(41-27-31-45(32-28-41)59-55-23-11-7-19-47(55)48-20-8-12-24-56(48)59)54(38-44(43)36-52(51)40-17-5-2-6-18-40)42-29-33-46(34-30-42)60-57-25-13-9-21-49(57)50-22-10-14-26-58(50)60/h1-38H. The van der Waals surface area contributed by atoms with Crippen molar-refractivity contribution in [1.29, 1.82) is 0 Å². The SMILES string of the molecule is c1ccc(-c2cc3cc(-c4ccc(-n5c6ccccc6c6ccccc65)cc4)c(-c4ccc(-n5c6ccccc6c6ccccc65)cc4)cc3cc2-c2ccccc2)cc1. The van der Waals surface area contributed by atoms with Crippen LogP contribution in [-0.4, -0.2) is 9.13 Å². The van der Waals surface area contributed by atoms with Crippen molar-refractivity contribution in [1.82, 2.24) is 9.13 Å². The average Bonchev–Trinajstić information content (AvgIpc) is 3.85. The molecule has 0 aliphatic rings. The van der Waals surface area contributed by atoms with Gasteiger partial charge in [0.05, 0.1) is 22.1 Å². The molecule has 0 bridgehead atoms. The van der Waals surface area contributed by atoms with E-state index in [1.807, 2.05) is 0 Å². The summed E-state index contributed by atoms with van der Waals surface area (Å²) in [5, 5.41) is 7.48. The van der Waals surface area contributed by atoms with E-state index in [1.165, 1.54) is 98.9 Å². The first kappa shape index (κ1) is 34.1. The minimum atomic E-state index is 1.15. The molecule has 2 nitrogen and oxygen atoms in total. The summed E-state index contributed by atoms with van der Waals surface area (Å²) in [6.07, 6.45) is 0. The molecule has 0 atom stereocenters. The van der Waals surface area contributed by atoms with Gasteiger partial charge < -0.3 is 9.13 Å². The predicted molar refractivity (Wildman–Crippen MR) is 254 cm³/mol. The van der Waals surface area contributed by atoms with Crippen molar-refractivity contribution in [2.45, 2.75) is 0 Å². The number of para-hydroxylation sites is 4. The van der Waals surface area contributed by atoms with E-state index >= 15 is 0 Å². The molecular weight excluding hydrogens is 725 g/mol. The third-order valence-electron chi connectivity index (χ3n) is 12.3. The lowest BCUT2D eigenvalue weighted by molar-refractivity contribution is 1.18. The van der Waals surface area contributed by atoms with Gasteiger partial charge in [-0.2, -0.15) is 0 Å². The van der Waals surface area contributed by atoms with Gasteiger partial charge >= 0.3 is 0 Å². The molecule has 0 fully saturated rings. The summed E-state index contributed by atoms with van der Waals surface area (Å²) in [6, 6.07) is 84.3. The Labute approximate surface area is 348 Å². The summed E-state index contributed by atoms with van der Waals surface area (Å²) in [4.78, 5) is 0. The molecule has 2 heteroatoms. The highest BCUT2D eigenvalue weighted by Gasteiger charge is 2.17. The molecule has 0 aliphatic heterocycles. The van der Waals surface area contributed by atoms with E-state index in [0.717, 1.165) is 11.4 Å². The molecule has 12 rings (SSSR count). The van der Waals surface area contributed by atoms with Gasteiger partial charge in [0.15, 0.2) is 0 Å². The maximum atomic E-state index is 2.40. The van der Waals surface area contributed by atoms with E-state index in [2.05, 4.69) is 240 Å². The quantitative estimate of drug-likeness (QED) is 0.160. The molecule has 12 aromatic rings. The summed E-state index contributed by atoms with van der Waals surface area (Å²) in [5.41, 5.74) is 16.8. The molecular formula is C58H38N2. The van der Waals surface area contributed by atoms with Crippen LogP contribution in [0.15, 0.2) is 231 Å². The second-order valence-corrected chi connectivity index (χ2v) is 15.7. The Bertz CT molecular complexity index is 3210. The van der Waals surface area contributed by atoms with Crippen molar-refractivity contribution in [3.8, 4) is 55.9 Å². The Balaban J connectivity index is 1.05. The monoisotopic (exact) mass is 762 g/mol. The van der Waals surface area contributed by atoms with Crippen molar-refractivity contribution in [2.75, 3.05) is 0 Å². The van der Waals surface area contributed by atoms with Crippen LogP contribution in [0.4, 0.5) is 0 Å². The van der Waals surface area contributed by atoms with Gasteiger partial charge in [0.25, 0.3) is 0 Å². The van der Waals surface area contributed by atoms with Crippen molar-refractivity contribution in [3.63, 3.8) is 0 Å². The van der Waals surface area contributed by atoms with Gasteiger partial charge in [0.2, 0.25) is 0 Å². The maximum absolute atomic E-state index is 2.40. The summed E-state index contributed by atoms with van der Waals surface area (Å²) in [6.45, 7) is 0. The number of hydrogen-bond donors (Lipinski definition) is 0. The van der Waals surface area contributed by atoms with Gasteiger partial charge in [-0.15, -0.1) is 0 Å². The van der Waals surface area contributed by atoms with E-state index in [0.29, 0.717) is 0 Å². The highest BCUT2D eigenvalue weighted by atomic mass is 15.0. The first-order valence-electron chi connectivity index (χ1n) is 20.7. The third kappa shape index (κ3) is 5.50. The van der Waals surface area contributed by atoms with E-state index < -0.39 is 0 Å². The molecule has 0 unspecified atom stereocenters. The van der Waals surface area contributed by atoms with Crippen LogP contribution in [-0.2, 0) is 0 Å². The number of aromatic nitrogens is 2. The molecule has 0 saturated heterocycles. The fourth-order valence-electron chi connectivity index (χ4n) is 9.52. The van der Waals surface area contributed by atoms with Crippen LogP contribution in [0.25, 0.3) is 110 Å². The van der Waals surface area contributed by atoms with Gasteiger partial charge in [-0.3, -0.25) is 0 Å². The van der Waals surface area contributed by atoms with E-state index in [1.54, 1.807) is 0 Å². The first-order chi connectivity index (χ1) is 29.8. The summed E-state index contributed by atoms with van der Waals surface area (Å²) >= 11 is 0. The Hall–Kier alpha value is -7.94. The minimum Gasteiger partial charge on any atom is -0.309 e. The number of benzene rings is 10. The smallest absolute Gasteiger partial charge is 0.0541 e. The summed E-state index contributed by atoms with van der Waals surface area (Å²) < 4.78 is 4.78. The van der Waals surface area contributed by atoms with Crippen molar-refractivity contribution >= 4 is 54.4 Å². The van der Waals surface area contributed by atoms with Crippen LogP contribution < -0.4 is 0 Å². The second-order valence-electron chi connectivity index (χ2n) is 15.7. The number of nitrogens with zero attached hydrogens (tertiary/aromatic N) is 2. The lowest BCUT2D eigenvalue weighted by Gasteiger charge is -2.17. The Morgan fingerprint density at radius 2 is 0.467 bits per heavy atom. The molecule has 0 amide bonds. The zero-order valence-corrected chi connectivity index (χ0v) is 32.8. The average molecular weight is 763 g/mol. The molecule has 2 aromatic heterocycles. The number of fused-ring (bicyclic) bond motifs is 7. The molecule has 2 heterocycles. The Kier molecular flexibility index (Phi) is 7.89. The Morgan fingerprint density at radius 1 is 0.217 bits per heavy atom. The molecule has 280 valence electrons. The predicted octanol–water partition coefficient (Wildman–Crippen LogP) is 15.7. The molecule has 0 radical (unpaired) electrons. The highest BCUT2D eigenvalue weighted by Crippen LogP contribution is 2.42. The lowest BCUT2D eigenvalue weighted by atomic mass is 9.87. The van der Waals surface area contributed by atoms with E-state index in [4.69, 9.17) is 0 Å². The van der Waals surface area contributed by atoms with Crippen LogP contribution in [0.1, 0.15) is 0 Å². The van der Waals surface area contributed by atoms with Crippen LogP contribution in [0, 0.1) is 0 Å². The number of rotatable bonds is 6. The summed E-state index contributed by atoms with van der Waals surface area (Å²) in [5.74, 6) is 0. The van der Waals surface area contributed by atoms with Gasteiger partial charge in [0, 0.05) is 32.9 Å². The first-order valence-corrected chi connectivity index (χ1v) is 20.7. The largest absolute Gasteiger partial charge is 0.309 e. The van der Waals surface area contributed by atoms with Gasteiger partial charge in [-0.25, -0.2) is 0 Å². The molecule has 0 aliphatic carbocycles. The van der Waals surface area contributed by atoms with Gasteiger partial charge in [-0.05, 0) is 128 Å². The topological polar surface area (TPSA) is 9.86 Å². The normalized spacial score (nSPS) is 11.7. The fraction of sp³-hybridized carbons (Fsp3) is 0. The molecule has 60 heavy (non-hydrogen) atoms. The Morgan fingerprint density at radius 3 is 0.767 bits per heavy atom. The van der Waals surface area contributed by atoms with Crippen molar-refractivity contribution in [3.05, 3.63) is 231 Å². The van der Waals surface area contributed by atoms with E-state index in [-0.39, 0.29) is 0 Å². The second kappa shape index (κ2) is 13.9. The molecule has 10 aromatic carbocycles. The van der Waals surface area contributed by atoms with Gasteiger partial charge in [0.1, 0.15) is 0 Å². The van der Waals surface area contributed by atoms with Gasteiger partial charge in [-0.1, -0.05) is 158 Å².